The molecule has 0 unspecified atom stereocenters. The van der Waals surface area contributed by atoms with Crippen LogP contribution in [0.25, 0.3) is 11.0 Å². The molecule has 2 aromatic rings. The number of hydrogen-bond donors (Lipinski definition) is 2. The van der Waals surface area contributed by atoms with Gasteiger partial charge in [-0.25, -0.2) is 4.98 Å². The zero-order valence-electron chi connectivity index (χ0n) is 10.0. The summed E-state index contributed by atoms with van der Waals surface area (Å²) in [6.07, 6.45) is 0. The van der Waals surface area contributed by atoms with E-state index in [1.165, 1.54) is 5.56 Å². The van der Waals surface area contributed by atoms with Gasteiger partial charge < -0.3 is 15.2 Å². The third kappa shape index (κ3) is 2.52. The fraction of sp³-hybridized carbons (Fsp3) is 0.417. The summed E-state index contributed by atoms with van der Waals surface area (Å²) in [4.78, 5) is 9.87. The molecule has 0 radical (unpaired) electrons. The standard InChI is InChI=1S/C12H18N4/c1-9-4-5-10-11(8-9)15-12(14-10)13-6-7-16(2)3/h4-5,8H,6-7H2,1-3H3,(H2,13,14,15). The molecule has 0 saturated heterocycles. The van der Waals surface area contributed by atoms with E-state index in [-0.39, 0.29) is 0 Å². The van der Waals surface area contributed by atoms with Crippen LogP contribution in [0.1, 0.15) is 5.56 Å². The third-order valence-electron chi connectivity index (χ3n) is 2.49. The molecular formula is C12H18N4. The van der Waals surface area contributed by atoms with Gasteiger partial charge in [0.1, 0.15) is 0 Å². The summed E-state index contributed by atoms with van der Waals surface area (Å²) < 4.78 is 0. The van der Waals surface area contributed by atoms with Gasteiger partial charge in [-0.3, -0.25) is 0 Å². The van der Waals surface area contributed by atoms with E-state index in [0.717, 1.165) is 30.1 Å². The molecule has 1 heterocycles. The smallest absolute Gasteiger partial charge is 0.201 e. The molecule has 0 fully saturated rings. The quantitative estimate of drug-likeness (QED) is 0.823. The second-order valence-corrected chi connectivity index (χ2v) is 4.34. The van der Waals surface area contributed by atoms with Crippen LogP contribution in [0.5, 0.6) is 0 Å². The first-order chi connectivity index (χ1) is 7.65. The zero-order valence-corrected chi connectivity index (χ0v) is 10.0. The molecule has 0 atom stereocenters. The van der Waals surface area contributed by atoms with Crippen molar-refractivity contribution in [1.29, 1.82) is 0 Å². The molecule has 86 valence electrons. The van der Waals surface area contributed by atoms with Crippen molar-refractivity contribution in [2.24, 2.45) is 0 Å². The van der Waals surface area contributed by atoms with Crippen molar-refractivity contribution in [2.45, 2.75) is 6.92 Å². The van der Waals surface area contributed by atoms with E-state index in [2.05, 4.69) is 53.3 Å². The van der Waals surface area contributed by atoms with Gasteiger partial charge in [-0.2, -0.15) is 0 Å². The number of nitrogens with one attached hydrogen (secondary N) is 2. The molecule has 0 bridgehead atoms. The van der Waals surface area contributed by atoms with Crippen molar-refractivity contribution in [3.05, 3.63) is 23.8 Å². The first-order valence-electron chi connectivity index (χ1n) is 5.50. The molecule has 0 spiro atoms. The molecule has 1 aromatic heterocycles. The molecule has 2 N–H and O–H groups in total. The number of aromatic amines is 1. The number of rotatable bonds is 4. The maximum Gasteiger partial charge on any atom is 0.201 e. The summed E-state index contributed by atoms with van der Waals surface area (Å²) in [5, 5.41) is 3.28. The average molecular weight is 218 g/mol. The number of likely N-dealkylation sites (N-methyl/N-ethyl adjacent to an activating group) is 1. The Kier molecular flexibility index (Phi) is 3.10. The Morgan fingerprint density at radius 3 is 2.94 bits per heavy atom. The van der Waals surface area contributed by atoms with Gasteiger partial charge in [-0.05, 0) is 38.7 Å². The molecule has 1 aromatic carbocycles. The first-order valence-corrected chi connectivity index (χ1v) is 5.50. The van der Waals surface area contributed by atoms with Crippen LogP contribution in [-0.4, -0.2) is 42.1 Å². The molecule has 2 rings (SSSR count). The topological polar surface area (TPSA) is 44.0 Å². The number of benzene rings is 1. The van der Waals surface area contributed by atoms with E-state index in [1.54, 1.807) is 0 Å². The van der Waals surface area contributed by atoms with E-state index in [9.17, 15) is 0 Å². The number of aromatic nitrogens is 2. The number of hydrogen-bond acceptors (Lipinski definition) is 3. The van der Waals surface area contributed by atoms with Crippen molar-refractivity contribution in [3.8, 4) is 0 Å². The van der Waals surface area contributed by atoms with Crippen LogP contribution in [0.3, 0.4) is 0 Å². The van der Waals surface area contributed by atoms with Gasteiger partial charge in [0.15, 0.2) is 0 Å². The van der Waals surface area contributed by atoms with Gasteiger partial charge in [-0.15, -0.1) is 0 Å². The molecule has 0 saturated carbocycles. The Balaban J connectivity index is 2.08. The molecule has 0 aliphatic rings. The van der Waals surface area contributed by atoms with E-state index in [4.69, 9.17) is 0 Å². The Morgan fingerprint density at radius 2 is 2.19 bits per heavy atom. The minimum absolute atomic E-state index is 0.849. The van der Waals surface area contributed by atoms with Crippen LogP contribution in [0.4, 0.5) is 5.95 Å². The van der Waals surface area contributed by atoms with Crippen LogP contribution in [0, 0.1) is 6.92 Å². The SMILES string of the molecule is Cc1ccc2nc(NCCN(C)C)[nH]c2c1. The maximum absolute atomic E-state index is 4.47. The number of aryl methyl sites for hydroxylation is 1. The number of anilines is 1. The highest BCUT2D eigenvalue weighted by atomic mass is 15.1. The molecule has 0 amide bonds. The lowest BCUT2D eigenvalue weighted by Crippen LogP contribution is -2.21. The fourth-order valence-corrected chi connectivity index (χ4v) is 1.61. The highest BCUT2D eigenvalue weighted by Gasteiger charge is 2.01. The number of imidazole rings is 1. The van der Waals surface area contributed by atoms with Gasteiger partial charge in [0.2, 0.25) is 5.95 Å². The van der Waals surface area contributed by atoms with Gasteiger partial charge in [0.05, 0.1) is 11.0 Å². The predicted octanol–water partition coefficient (Wildman–Crippen LogP) is 1.84. The van der Waals surface area contributed by atoms with Crippen LogP contribution in [-0.2, 0) is 0 Å². The number of nitrogens with zero attached hydrogens (tertiary/aromatic N) is 2. The van der Waals surface area contributed by atoms with E-state index in [0.29, 0.717) is 0 Å². The molecule has 16 heavy (non-hydrogen) atoms. The Labute approximate surface area is 95.7 Å². The minimum Gasteiger partial charge on any atom is -0.355 e. The average Bonchev–Trinajstić information content (AvgIpc) is 2.58. The summed E-state index contributed by atoms with van der Waals surface area (Å²) in [6, 6.07) is 6.23. The maximum atomic E-state index is 4.47. The van der Waals surface area contributed by atoms with E-state index < -0.39 is 0 Å². The predicted molar refractivity (Wildman–Crippen MR) is 67.9 cm³/mol. The minimum atomic E-state index is 0.849. The van der Waals surface area contributed by atoms with E-state index in [1.807, 2.05) is 6.07 Å². The normalized spacial score (nSPS) is 11.2. The second kappa shape index (κ2) is 4.53. The lowest BCUT2D eigenvalue weighted by atomic mass is 10.2. The fourth-order valence-electron chi connectivity index (χ4n) is 1.61. The molecular weight excluding hydrogens is 200 g/mol. The largest absolute Gasteiger partial charge is 0.355 e. The molecule has 4 heteroatoms. The lowest BCUT2D eigenvalue weighted by molar-refractivity contribution is 0.425. The molecule has 0 aliphatic carbocycles. The van der Waals surface area contributed by atoms with Crippen molar-refractivity contribution in [3.63, 3.8) is 0 Å². The van der Waals surface area contributed by atoms with Crippen molar-refractivity contribution in [2.75, 3.05) is 32.5 Å². The van der Waals surface area contributed by atoms with Crippen molar-refractivity contribution < 1.29 is 0 Å². The van der Waals surface area contributed by atoms with E-state index >= 15 is 0 Å². The Morgan fingerprint density at radius 1 is 1.38 bits per heavy atom. The second-order valence-electron chi connectivity index (χ2n) is 4.34. The van der Waals surface area contributed by atoms with Gasteiger partial charge in [-0.1, -0.05) is 6.07 Å². The van der Waals surface area contributed by atoms with Gasteiger partial charge in [0, 0.05) is 13.1 Å². The monoisotopic (exact) mass is 218 g/mol. The first kappa shape index (κ1) is 11.0. The summed E-state index contributed by atoms with van der Waals surface area (Å²) in [5.41, 5.74) is 3.35. The van der Waals surface area contributed by atoms with Gasteiger partial charge in [0.25, 0.3) is 0 Å². The number of fused-ring (bicyclic) bond motifs is 1. The van der Waals surface area contributed by atoms with Crippen molar-refractivity contribution >= 4 is 17.0 Å². The summed E-state index contributed by atoms with van der Waals surface area (Å²) in [7, 11) is 4.12. The highest BCUT2D eigenvalue weighted by molar-refractivity contribution is 5.78. The Hall–Kier alpha value is -1.55. The number of H-pyrrole nitrogens is 1. The Bertz CT molecular complexity index is 473. The summed E-state index contributed by atoms with van der Waals surface area (Å²) in [6.45, 7) is 3.97. The van der Waals surface area contributed by atoms with Crippen LogP contribution < -0.4 is 5.32 Å². The lowest BCUT2D eigenvalue weighted by Gasteiger charge is -2.08. The van der Waals surface area contributed by atoms with Gasteiger partial charge >= 0.3 is 0 Å². The molecule has 4 nitrogen and oxygen atoms in total. The highest BCUT2D eigenvalue weighted by Crippen LogP contribution is 2.15. The van der Waals surface area contributed by atoms with Crippen molar-refractivity contribution in [1.82, 2.24) is 14.9 Å². The van der Waals surface area contributed by atoms with Crippen LogP contribution >= 0.6 is 0 Å². The third-order valence-corrected chi connectivity index (χ3v) is 2.49. The zero-order chi connectivity index (χ0) is 11.5. The van der Waals surface area contributed by atoms with Crippen LogP contribution in [0.15, 0.2) is 18.2 Å². The molecule has 0 aliphatic heterocycles. The summed E-state index contributed by atoms with van der Waals surface area (Å²) in [5.74, 6) is 0.849. The van der Waals surface area contributed by atoms with Crippen LogP contribution in [0.2, 0.25) is 0 Å². The summed E-state index contributed by atoms with van der Waals surface area (Å²) >= 11 is 0.